The summed E-state index contributed by atoms with van der Waals surface area (Å²) in [7, 11) is 1.86. The van der Waals surface area contributed by atoms with Crippen LogP contribution in [-0.2, 0) is 9.31 Å². The summed E-state index contributed by atoms with van der Waals surface area (Å²) in [5.41, 5.74) is -0.531. The molecule has 1 aliphatic rings. The SMILES string of the molecule is CCN(C)c1ccc(B2OC(C)(C)C(C)(C)O2)s1. The average Bonchev–Trinajstić information content (AvgIpc) is 2.82. The van der Waals surface area contributed by atoms with E-state index in [1.165, 1.54) is 5.00 Å². The van der Waals surface area contributed by atoms with Gasteiger partial charge in [-0.1, -0.05) is 0 Å². The zero-order chi connectivity index (χ0) is 13.6. The van der Waals surface area contributed by atoms with E-state index in [1.54, 1.807) is 11.3 Å². The van der Waals surface area contributed by atoms with Crippen LogP contribution < -0.4 is 9.68 Å². The van der Waals surface area contributed by atoms with Crippen LogP contribution in [0.4, 0.5) is 5.00 Å². The molecule has 1 aromatic rings. The fraction of sp³-hybridized carbons (Fsp3) is 0.692. The van der Waals surface area contributed by atoms with Gasteiger partial charge in [-0.25, -0.2) is 0 Å². The van der Waals surface area contributed by atoms with Gasteiger partial charge in [0.25, 0.3) is 0 Å². The molecule has 1 aliphatic heterocycles. The average molecular weight is 267 g/mol. The van der Waals surface area contributed by atoms with Crippen molar-refractivity contribution in [3.05, 3.63) is 12.1 Å². The lowest BCUT2D eigenvalue weighted by atomic mass is 9.88. The number of thiophene rings is 1. The van der Waals surface area contributed by atoms with Crippen LogP contribution in [0.15, 0.2) is 12.1 Å². The van der Waals surface area contributed by atoms with E-state index in [-0.39, 0.29) is 18.3 Å². The quantitative estimate of drug-likeness (QED) is 0.785. The normalized spacial score (nSPS) is 21.3. The number of anilines is 1. The van der Waals surface area contributed by atoms with Crippen molar-refractivity contribution in [2.75, 3.05) is 18.5 Å². The number of hydrogen-bond donors (Lipinski definition) is 0. The van der Waals surface area contributed by atoms with Crippen molar-refractivity contribution in [2.45, 2.75) is 45.8 Å². The third-order valence-corrected chi connectivity index (χ3v) is 5.17. The van der Waals surface area contributed by atoms with Crippen LogP contribution in [0.1, 0.15) is 34.6 Å². The Morgan fingerprint density at radius 1 is 1.17 bits per heavy atom. The minimum Gasteiger partial charge on any atom is -0.399 e. The van der Waals surface area contributed by atoms with Crippen LogP contribution in [0.25, 0.3) is 0 Å². The molecule has 1 saturated heterocycles. The largest absolute Gasteiger partial charge is 0.505 e. The maximum Gasteiger partial charge on any atom is 0.505 e. The summed E-state index contributed by atoms with van der Waals surface area (Å²) in [4.78, 5) is 2.22. The standard InChI is InChI=1S/C13H22BNO2S/c1-7-15(6)11-9-8-10(18-11)14-16-12(2,3)13(4,5)17-14/h8-9H,7H2,1-6H3. The van der Waals surface area contributed by atoms with E-state index in [0.29, 0.717) is 0 Å². The lowest BCUT2D eigenvalue weighted by molar-refractivity contribution is 0.00578. The molecule has 0 aliphatic carbocycles. The van der Waals surface area contributed by atoms with Crippen LogP contribution in [0.2, 0.25) is 0 Å². The Labute approximate surface area is 114 Å². The van der Waals surface area contributed by atoms with Crippen LogP contribution in [0.5, 0.6) is 0 Å². The molecule has 1 aromatic heterocycles. The van der Waals surface area contributed by atoms with Gasteiger partial charge in [0, 0.05) is 18.4 Å². The van der Waals surface area contributed by atoms with Crippen molar-refractivity contribution in [3.63, 3.8) is 0 Å². The maximum absolute atomic E-state index is 6.05. The Kier molecular flexibility index (Phi) is 3.51. The van der Waals surface area contributed by atoms with Gasteiger partial charge in [-0.15, -0.1) is 11.3 Å². The van der Waals surface area contributed by atoms with E-state index in [9.17, 15) is 0 Å². The Hall–Kier alpha value is -0.515. The van der Waals surface area contributed by atoms with E-state index in [2.05, 4.69) is 58.7 Å². The lowest BCUT2D eigenvalue weighted by Crippen LogP contribution is -2.41. The third kappa shape index (κ3) is 2.31. The summed E-state index contributed by atoms with van der Waals surface area (Å²) < 4.78 is 13.2. The number of hydrogen-bond acceptors (Lipinski definition) is 4. The van der Waals surface area contributed by atoms with Crippen LogP contribution >= 0.6 is 11.3 Å². The second-order valence-electron chi connectivity index (χ2n) is 5.78. The summed E-state index contributed by atoms with van der Waals surface area (Å²) in [6, 6.07) is 4.24. The van der Waals surface area contributed by atoms with E-state index in [0.717, 1.165) is 11.3 Å². The van der Waals surface area contributed by atoms with E-state index < -0.39 is 0 Å². The molecule has 3 nitrogen and oxygen atoms in total. The molecule has 0 bridgehead atoms. The first kappa shape index (κ1) is 13.9. The predicted molar refractivity (Wildman–Crippen MR) is 79.0 cm³/mol. The summed E-state index contributed by atoms with van der Waals surface area (Å²) >= 11 is 1.74. The highest BCUT2D eigenvalue weighted by atomic mass is 32.1. The molecule has 0 spiro atoms. The fourth-order valence-corrected chi connectivity index (χ4v) is 2.78. The Morgan fingerprint density at radius 2 is 1.72 bits per heavy atom. The molecule has 0 radical (unpaired) electrons. The van der Waals surface area contributed by atoms with Crippen LogP contribution in [0.3, 0.4) is 0 Å². The first-order valence-corrected chi connectivity index (χ1v) is 7.25. The minimum absolute atomic E-state index is 0.237. The first-order chi connectivity index (χ1) is 8.27. The summed E-state index contributed by atoms with van der Waals surface area (Å²) in [5.74, 6) is 0. The molecular weight excluding hydrogens is 245 g/mol. The van der Waals surface area contributed by atoms with Gasteiger partial charge < -0.3 is 14.2 Å². The highest BCUT2D eigenvalue weighted by molar-refractivity contribution is 7.25. The molecule has 0 N–H and O–H groups in total. The van der Waals surface area contributed by atoms with Crippen molar-refractivity contribution in [1.82, 2.24) is 0 Å². The minimum atomic E-state index is -0.265. The van der Waals surface area contributed by atoms with E-state index in [1.807, 2.05) is 0 Å². The van der Waals surface area contributed by atoms with Crippen LogP contribution in [-0.4, -0.2) is 31.9 Å². The highest BCUT2D eigenvalue weighted by Crippen LogP contribution is 2.37. The van der Waals surface area contributed by atoms with Gasteiger partial charge in [-0.2, -0.15) is 0 Å². The Balaban J connectivity index is 2.17. The maximum atomic E-state index is 6.05. The van der Waals surface area contributed by atoms with E-state index in [4.69, 9.17) is 9.31 Å². The Morgan fingerprint density at radius 3 is 2.22 bits per heavy atom. The van der Waals surface area contributed by atoms with Gasteiger partial charge in [-0.3, -0.25) is 0 Å². The third-order valence-electron chi connectivity index (χ3n) is 3.95. The van der Waals surface area contributed by atoms with Gasteiger partial charge >= 0.3 is 7.12 Å². The van der Waals surface area contributed by atoms with Gasteiger partial charge in [-0.05, 0) is 46.8 Å². The molecule has 2 heterocycles. The lowest BCUT2D eigenvalue weighted by Gasteiger charge is -2.32. The Bertz CT molecular complexity index is 414. The van der Waals surface area contributed by atoms with Crippen molar-refractivity contribution in [3.8, 4) is 0 Å². The van der Waals surface area contributed by atoms with Crippen molar-refractivity contribution in [1.29, 1.82) is 0 Å². The molecule has 0 amide bonds. The van der Waals surface area contributed by atoms with E-state index >= 15 is 0 Å². The topological polar surface area (TPSA) is 21.7 Å². The molecule has 0 aromatic carbocycles. The van der Waals surface area contributed by atoms with Gasteiger partial charge in [0.15, 0.2) is 0 Å². The first-order valence-electron chi connectivity index (χ1n) is 6.43. The second-order valence-corrected chi connectivity index (χ2v) is 6.87. The molecule has 0 saturated carbocycles. The number of nitrogens with zero attached hydrogens (tertiary/aromatic N) is 1. The molecule has 2 rings (SSSR count). The zero-order valence-corrected chi connectivity index (χ0v) is 12.9. The fourth-order valence-electron chi connectivity index (χ4n) is 1.79. The van der Waals surface area contributed by atoms with Gasteiger partial charge in [0.05, 0.1) is 16.2 Å². The van der Waals surface area contributed by atoms with Crippen molar-refractivity contribution < 1.29 is 9.31 Å². The molecule has 0 unspecified atom stereocenters. The molecule has 1 fully saturated rings. The summed E-state index contributed by atoms with van der Waals surface area (Å²) in [6.45, 7) is 11.5. The highest BCUT2D eigenvalue weighted by Gasteiger charge is 2.52. The summed E-state index contributed by atoms with van der Waals surface area (Å²) in [6.07, 6.45) is 0. The predicted octanol–water partition coefficient (Wildman–Crippen LogP) is 2.50. The van der Waals surface area contributed by atoms with Crippen molar-refractivity contribution in [2.24, 2.45) is 0 Å². The molecule has 18 heavy (non-hydrogen) atoms. The number of rotatable bonds is 3. The van der Waals surface area contributed by atoms with Gasteiger partial charge in [0.2, 0.25) is 0 Å². The monoisotopic (exact) mass is 267 g/mol. The zero-order valence-electron chi connectivity index (χ0n) is 12.1. The van der Waals surface area contributed by atoms with Gasteiger partial charge in [0.1, 0.15) is 0 Å². The smallest absolute Gasteiger partial charge is 0.399 e. The molecule has 5 heteroatoms. The summed E-state index contributed by atoms with van der Waals surface area (Å²) in [5, 5.41) is 1.25. The molecular formula is C13H22BNO2S. The second kappa shape index (κ2) is 4.55. The van der Waals surface area contributed by atoms with Crippen molar-refractivity contribution >= 4 is 28.2 Å². The van der Waals surface area contributed by atoms with Crippen LogP contribution in [0, 0.1) is 0 Å². The molecule has 100 valence electrons. The molecule has 0 atom stereocenters.